The van der Waals surface area contributed by atoms with Crippen molar-refractivity contribution in [1.29, 1.82) is 0 Å². The third-order valence-electron chi connectivity index (χ3n) is 4.48. The number of hydrogen-bond acceptors (Lipinski definition) is 5. The van der Waals surface area contributed by atoms with E-state index in [4.69, 9.17) is 14.2 Å². The first-order valence-electron chi connectivity index (χ1n) is 8.88. The predicted octanol–water partition coefficient (Wildman–Crippen LogP) is 3.45. The van der Waals surface area contributed by atoms with E-state index in [1.807, 2.05) is 45.0 Å². The van der Waals surface area contributed by atoms with Crippen LogP contribution >= 0.6 is 0 Å². The molecular weight excluding hydrogens is 366 g/mol. The maximum Gasteiger partial charge on any atom is 0.244 e. The number of ether oxygens (including phenoxy) is 3. The Labute approximate surface area is 160 Å². The molecule has 0 saturated carbocycles. The lowest BCUT2D eigenvalue weighted by Gasteiger charge is -2.25. The number of aryl methyl sites for hydroxylation is 1. The molecule has 1 N–H and O–H groups in total. The Bertz CT molecular complexity index is 924. The molecule has 0 unspecified atom stereocenters. The van der Waals surface area contributed by atoms with Crippen LogP contribution in [0.2, 0.25) is 0 Å². The van der Waals surface area contributed by atoms with Crippen molar-refractivity contribution in [3.63, 3.8) is 0 Å². The van der Waals surface area contributed by atoms with Crippen molar-refractivity contribution in [1.82, 2.24) is 4.72 Å². The van der Waals surface area contributed by atoms with Gasteiger partial charge in [0, 0.05) is 6.04 Å². The van der Waals surface area contributed by atoms with Crippen LogP contribution in [0.3, 0.4) is 0 Å². The van der Waals surface area contributed by atoms with Gasteiger partial charge in [0.15, 0.2) is 11.5 Å². The van der Waals surface area contributed by atoms with Crippen LogP contribution in [0, 0.1) is 12.8 Å². The molecule has 27 heavy (non-hydrogen) atoms. The lowest BCUT2D eigenvalue weighted by Crippen LogP contribution is -2.32. The van der Waals surface area contributed by atoms with Gasteiger partial charge in [-0.25, -0.2) is 13.1 Å². The molecule has 146 valence electrons. The molecule has 1 heterocycles. The fraction of sp³-hybridized carbons (Fsp3) is 0.400. The van der Waals surface area contributed by atoms with E-state index in [9.17, 15) is 8.42 Å². The molecule has 0 spiro atoms. The molecule has 0 saturated heterocycles. The number of hydrogen-bond donors (Lipinski definition) is 1. The molecule has 0 aliphatic carbocycles. The second kappa shape index (κ2) is 7.78. The molecule has 1 atom stereocenters. The molecule has 0 aromatic heterocycles. The van der Waals surface area contributed by atoms with Crippen LogP contribution in [-0.2, 0) is 10.0 Å². The molecule has 1 aliphatic rings. The molecule has 3 rings (SSSR count). The molecule has 7 heteroatoms. The van der Waals surface area contributed by atoms with Gasteiger partial charge in [-0.3, -0.25) is 0 Å². The van der Waals surface area contributed by atoms with E-state index in [-0.39, 0.29) is 10.8 Å². The summed E-state index contributed by atoms with van der Waals surface area (Å²) in [5, 5.41) is 0. The predicted molar refractivity (Wildman–Crippen MR) is 103 cm³/mol. The van der Waals surface area contributed by atoms with Crippen molar-refractivity contribution in [2.45, 2.75) is 31.7 Å². The number of fused-ring (bicyclic) bond motifs is 1. The van der Waals surface area contributed by atoms with Crippen molar-refractivity contribution >= 4 is 10.0 Å². The average Bonchev–Trinajstić information content (AvgIpc) is 2.65. The van der Waals surface area contributed by atoms with Gasteiger partial charge >= 0.3 is 0 Å². The average molecular weight is 391 g/mol. The molecule has 0 fully saturated rings. The number of methoxy groups -OCH3 is 1. The summed E-state index contributed by atoms with van der Waals surface area (Å²) in [4.78, 5) is 0.133. The molecule has 2 aromatic rings. The van der Waals surface area contributed by atoms with Crippen LogP contribution in [0.4, 0.5) is 0 Å². The topological polar surface area (TPSA) is 73.9 Å². The van der Waals surface area contributed by atoms with E-state index in [1.54, 1.807) is 12.1 Å². The van der Waals surface area contributed by atoms with Gasteiger partial charge in [-0.15, -0.1) is 0 Å². The lowest BCUT2D eigenvalue weighted by molar-refractivity contribution is 0.171. The summed E-state index contributed by atoms with van der Waals surface area (Å²) in [5.74, 6) is 1.66. The van der Waals surface area contributed by atoms with E-state index >= 15 is 0 Å². The van der Waals surface area contributed by atoms with Gasteiger partial charge in [0.25, 0.3) is 0 Å². The highest BCUT2D eigenvalue weighted by molar-refractivity contribution is 7.89. The van der Waals surface area contributed by atoms with Crippen molar-refractivity contribution in [3.8, 4) is 17.2 Å². The normalized spacial score (nSPS) is 14.9. The molecule has 1 aliphatic heterocycles. The summed E-state index contributed by atoms with van der Waals surface area (Å²) in [5.41, 5.74) is 1.67. The fourth-order valence-corrected chi connectivity index (χ4v) is 4.69. The largest absolute Gasteiger partial charge is 0.495 e. The van der Waals surface area contributed by atoms with Gasteiger partial charge in [0.2, 0.25) is 10.0 Å². The summed E-state index contributed by atoms with van der Waals surface area (Å²) in [6.45, 7) is 6.78. The minimum absolute atomic E-state index is 0.0261. The minimum atomic E-state index is -3.79. The summed E-state index contributed by atoms with van der Waals surface area (Å²) in [6, 6.07) is 10.2. The first-order chi connectivity index (χ1) is 12.8. The summed E-state index contributed by atoms with van der Waals surface area (Å²) in [7, 11) is -2.32. The highest BCUT2D eigenvalue weighted by Gasteiger charge is 2.27. The zero-order valence-electron chi connectivity index (χ0n) is 16.0. The Morgan fingerprint density at radius 1 is 1.04 bits per heavy atom. The summed E-state index contributed by atoms with van der Waals surface area (Å²) < 4.78 is 45.5. The van der Waals surface area contributed by atoms with Crippen molar-refractivity contribution in [2.75, 3.05) is 20.3 Å². The van der Waals surface area contributed by atoms with Crippen molar-refractivity contribution < 1.29 is 22.6 Å². The van der Waals surface area contributed by atoms with Crippen LogP contribution < -0.4 is 18.9 Å². The Kier molecular flexibility index (Phi) is 5.62. The van der Waals surface area contributed by atoms with Crippen LogP contribution in [-0.4, -0.2) is 28.7 Å². The second-order valence-electron chi connectivity index (χ2n) is 6.90. The highest BCUT2D eigenvalue weighted by Crippen LogP contribution is 2.35. The van der Waals surface area contributed by atoms with Gasteiger partial charge in [-0.05, 0) is 48.2 Å². The zero-order chi connectivity index (χ0) is 19.6. The molecule has 6 nitrogen and oxygen atoms in total. The number of benzene rings is 2. The lowest BCUT2D eigenvalue weighted by atomic mass is 9.97. The number of rotatable bonds is 6. The first kappa shape index (κ1) is 19.5. The second-order valence-corrected chi connectivity index (χ2v) is 8.58. The fourth-order valence-electron chi connectivity index (χ4n) is 3.07. The van der Waals surface area contributed by atoms with E-state index < -0.39 is 16.1 Å². The Hall–Kier alpha value is -2.25. The van der Waals surface area contributed by atoms with E-state index in [0.29, 0.717) is 30.5 Å². The summed E-state index contributed by atoms with van der Waals surface area (Å²) >= 11 is 0. The van der Waals surface area contributed by atoms with Gasteiger partial charge in [-0.1, -0.05) is 26.0 Å². The highest BCUT2D eigenvalue weighted by atomic mass is 32.2. The van der Waals surface area contributed by atoms with Crippen LogP contribution in [0.1, 0.15) is 31.0 Å². The van der Waals surface area contributed by atoms with Crippen LogP contribution in [0.25, 0.3) is 0 Å². The van der Waals surface area contributed by atoms with Crippen molar-refractivity contribution in [3.05, 3.63) is 47.5 Å². The number of sulfonamides is 1. The van der Waals surface area contributed by atoms with Crippen LogP contribution in [0.5, 0.6) is 17.2 Å². The van der Waals surface area contributed by atoms with E-state index in [1.165, 1.54) is 7.11 Å². The summed E-state index contributed by atoms with van der Waals surface area (Å²) in [6.07, 6.45) is 0. The maximum absolute atomic E-state index is 13.1. The standard InChI is InChI=1S/C20H25NO5S/c1-13(2)20(15-6-8-16-18(12-15)26-10-9-25-16)21-27(22,23)19-11-14(3)5-7-17(19)24-4/h5-8,11-13,20-21H,9-10H2,1-4H3/t20-/m0/s1. The minimum Gasteiger partial charge on any atom is -0.495 e. The smallest absolute Gasteiger partial charge is 0.244 e. The quantitative estimate of drug-likeness (QED) is 0.816. The number of nitrogens with one attached hydrogen (secondary N) is 1. The van der Waals surface area contributed by atoms with Crippen LogP contribution in [0.15, 0.2) is 41.3 Å². The Morgan fingerprint density at radius 3 is 2.41 bits per heavy atom. The maximum atomic E-state index is 13.1. The van der Waals surface area contributed by atoms with Gasteiger partial charge in [0.1, 0.15) is 23.9 Å². The zero-order valence-corrected chi connectivity index (χ0v) is 16.8. The van der Waals surface area contributed by atoms with E-state index in [2.05, 4.69) is 4.72 Å². The Balaban J connectivity index is 1.96. The third kappa shape index (κ3) is 4.20. The molecule has 0 amide bonds. The Morgan fingerprint density at radius 2 is 1.74 bits per heavy atom. The monoisotopic (exact) mass is 391 g/mol. The molecule has 2 aromatic carbocycles. The molecular formula is C20H25NO5S. The first-order valence-corrected chi connectivity index (χ1v) is 10.4. The molecule has 0 radical (unpaired) electrons. The van der Waals surface area contributed by atoms with Gasteiger partial charge in [0.05, 0.1) is 7.11 Å². The van der Waals surface area contributed by atoms with Gasteiger partial charge < -0.3 is 14.2 Å². The SMILES string of the molecule is COc1ccc(C)cc1S(=O)(=O)N[C@H](c1ccc2c(c1)OCCO2)C(C)C. The third-order valence-corrected chi connectivity index (χ3v) is 5.95. The van der Waals surface area contributed by atoms with Gasteiger partial charge in [-0.2, -0.15) is 0 Å². The van der Waals surface area contributed by atoms with E-state index in [0.717, 1.165) is 11.1 Å². The van der Waals surface area contributed by atoms with Crippen molar-refractivity contribution in [2.24, 2.45) is 5.92 Å². The molecule has 0 bridgehead atoms.